The topological polar surface area (TPSA) is 87.4 Å². The molecule has 0 aromatic carbocycles. The van der Waals surface area contributed by atoms with Crippen molar-refractivity contribution < 1.29 is 0 Å². The van der Waals surface area contributed by atoms with Crippen LogP contribution < -0.4 is 5.73 Å². The minimum Gasteiger partial charge on any atom is -0.396 e. The fourth-order valence-corrected chi connectivity index (χ4v) is 1.94. The van der Waals surface area contributed by atoms with E-state index in [1.807, 2.05) is 20.2 Å². The first kappa shape index (κ1) is 11.4. The van der Waals surface area contributed by atoms with Crippen molar-refractivity contribution in [3.05, 3.63) is 36.5 Å². The Balaban J connectivity index is 2.10. The van der Waals surface area contributed by atoms with Gasteiger partial charge in [0.1, 0.15) is 5.69 Å². The second-order valence-corrected chi connectivity index (χ2v) is 4.23. The second-order valence-electron chi connectivity index (χ2n) is 4.23. The predicted molar refractivity (Wildman–Crippen MR) is 70.5 cm³/mol. The van der Waals surface area contributed by atoms with Gasteiger partial charge in [0.15, 0.2) is 0 Å². The molecule has 0 amide bonds. The summed E-state index contributed by atoms with van der Waals surface area (Å²) < 4.78 is 3.30. The van der Waals surface area contributed by atoms with Crippen LogP contribution in [0.5, 0.6) is 0 Å². The van der Waals surface area contributed by atoms with Crippen LogP contribution in [0, 0.1) is 6.92 Å². The highest BCUT2D eigenvalue weighted by Gasteiger charge is 2.15. The molecule has 0 atom stereocenters. The minimum absolute atomic E-state index is 0.488. The van der Waals surface area contributed by atoms with Gasteiger partial charge in [-0.25, -0.2) is 14.6 Å². The first-order valence-corrected chi connectivity index (χ1v) is 5.78. The number of rotatable bonds is 2. The van der Waals surface area contributed by atoms with Crippen molar-refractivity contribution in [3.8, 4) is 17.2 Å². The molecule has 0 spiro atoms. The van der Waals surface area contributed by atoms with Gasteiger partial charge in [-0.15, -0.1) is 0 Å². The fraction of sp³-hybridized carbons (Fsp3) is 0.167. The molecule has 0 fully saturated rings. The standard InChI is InChI=1S/C12H13N7/c1-8-9(6-18(2)16-8)11-10(13)7-19(17-11)12-14-4-3-5-15-12/h3-7H,13H2,1-2H3. The van der Waals surface area contributed by atoms with E-state index in [2.05, 4.69) is 20.2 Å². The quantitative estimate of drug-likeness (QED) is 0.736. The van der Waals surface area contributed by atoms with Gasteiger partial charge in [-0.05, 0) is 13.0 Å². The molecule has 7 nitrogen and oxygen atoms in total. The van der Waals surface area contributed by atoms with Gasteiger partial charge in [-0.2, -0.15) is 10.2 Å². The van der Waals surface area contributed by atoms with Gasteiger partial charge >= 0.3 is 0 Å². The van der Waals surface area contributed by atoms with Crippen molar-refractivity contribution in [3.63, 3.8) is 0 Å². The summed E-state index contributed by atoms with van der Waals surface area (Å²) in [6, 6.07) is 1.75. The molecule has 0 bridgehead atoms. The van der Waals surface area contributed by atoms with Crippen LogP contribution in [-0.2, 0) is 7.05 Å². The maximum atomic E-state index is 6.01. The van der Waals surface area contributed by atoms with Gasteiger partial charge in [0.05, 0.1) is 17.6 Å². The van der Waals surface area contributed by atoms with Crippen LogP contribution in [0.2, 0.25) is 0 Å². The van der Waals surface area contributed by atoms with Crippen LogP contribution >= 0.6 is 0 Å². The molecule has 19 heavy (non-hydrogen) atoms. The van der Waals surface area contributed by atoms with Gasteiger partial charge in [0, 0.05) is 31.2 Å². The fourth-order valence-electron chi connectivity index (χ4n) is 1.94. The molecule has 0 saturated carbocycles. The Hall–Kier alpha value is -2.70. The van der Waals surface area contributed by atoms with Crippen molar-refractivity contribution in [1.29, 1.82) is 0 Å². The van der Waals surface area contributed by atoms with Crippen LogP contribution in [-0.4, -0.2) is 29.5 Å². The van der Waals surface area contributed by atoms with E-state index in [0.29, 0.717) is 17.3 Å². The van der Waals surface area contributed by atoms with E-state index in [4.69, 9.17) is 5.73 Å². The summed E-state index contributed by atoms with van der Waals surface area (Å²) >= 11 is 0. The lowest BCUT2D eigenvalue weighted by Gasteiger charge is -1.96. The molecule has 0 aliphatic rings. The van der Waals surface area contributed by atoms with Gasteiger partial charge in [-0.3, -0.25) is 4.68 Å². The molecule has 3 aromatic rings. The Morgan fingerprint density at radius 1 is 1.11 bits per heavy atom. The summed E-state index contributed by atoms with van der Waals surface area (Å²) in [5, 5.41) is 8.73. The summed E-state index contributed by atoms with van der Waals surface area (Å²) in [5.74, 6) is 0.488. The Bertz CT molecular complexity index is 711. The van der Waals surface area contributed by atoms with E-state index in [0.717, 1.165) is 11.3 Å². The van der Waals surface area contributed by atoms with E-state index in [9.17, 15) is 0 Å². The Labute approximate surface area is 109 Å². The molecular formula is C12H13N7. The van der Waals surface area contributed by atoms with Crippen molar-refractivity contribution in [1.82, 2.24) is 29.5 Å². The average Bonchev–Trinajstić information content (AvgIpc) is 2.93. The molecule has 0 aliphatic carbocycles. The lowest BCUT2D eigenvalue weighted by atomic mass is 10.2. The maximum Gasteiger partial charge on any atom is 0.250 e. The maximum absolute atomic E-state index is 6.01. The molecule has 0 aliphatic heterocycles. The van der Waals surface area contributed by atoms with Crippen molar-refractivity contribution >= 4 is 5.69 Å². The number of aromatic nitrogens is 6. The number of anilines is 1. The second kappa shape index (κ2) is 4.20. The molecule has 96 valence electrons. The summed E-state index contributed by atoms with van der Waals surface area (Å²) in [7, 11) is 1.87. The third-order valence-electron chi connectivity index (χ3n) is 2.77. The Morgan fingerprint density at radius 3 is 2.47 bits per heavy atom. The third-order valence-corrected chi connectivity index (χ3v) is 2.77. The molecular weight excluding hydrogens is 242 g/mol. The number of nitrogens with zero attached hydrogens (tertiary/aromatic N) is 6. The van der Waals surface area contributed by atoms with Gasteiger partial charge in [-0.1, -0.05) is 0 Å². The van der Waals surface area contributed by atoms with Crippen molar-refractivity contribution in [2.45, 2.75) is 6.92 Å². The molecule has 3 aromatic heterocycles. The van der Waals surface area contributed by atoms with Crippen molar-refractivity contribution in [2.24, 2.45) is 7.05 Å². The van der Waals surface area contributed by atoms with E-state index in [-0.39, 0.29) is 0 Å². The first-order chi connectivity index (χ1) is 9.15. The SMILES string of the molecule is Cc1nn(C)cc1-c1nn(-c2ncccn2)cc1N. The number of aryl methyl sites for hydroxylation is 2. The largest absolute Gasteiger partial charge is 0.396 e. The average molecular weight is 255 g/mol. The molecule has 0 unspecified atom stereocenters. The molecule has 7 heteroatoms. The number of nitrogens with two attached hydrogens (primary N) is 1. The van der Waals surface area contributed by atoms with E-state index >= 15 is 0 Å². The molecule has 0 saturated heterocycles. The highest BCUT2D eigenvalue weighted by atomic mass is 15.4. The van der Waals surface area contributed by atoms with E-state index < -0.39 is 0 Å². The summed E-state index contributed by atoms with van der Waals surface area (Å²) in [4.78, 5) is 8.28. The zero-order valence-corrected chi connectivity index (χ0v) is 10.6. The zero-order chi connectivity index (χ0) is 13.4. The Morgan fingerprint density at radius 2 is 1.84 bits per heavy atom. The molecule has 3 rings (SSSR count). The highest BCUT2D eigenvalue weighted by Crippen LogP contribution is 2.26. The zero-order valence-electron chi connectivity index (χ0n) is 10.6. The first-order valence-electron chi connectivity index (χ1n) is 5.78. The summed E-state index contributed by atoms with van der Waals surface area (Å²) in [5.41, 5.74) is 9.07. The van der Waals surface area contributed by atoms with Crippen LogP contribution in [0.3, 0.4) is 0 Å². The number of hydrogen-bond acceptors (Lipinski definition) is 5. The smallest absolute Gasteiger partial charge is 0.250 e. The third kappa shape index (κ3) is 1.95. The van der Waals surface area contributed by atoms with Crippen LogP contribution in [0.15, 0.2) is 30.9 Å². The summed E-state index contributed by atoms with van der Waals surface area (Å²) in [6.07, 6.45) is 6.92. The van der Waals surface area contributed by atoms with E-state index in [1.165, 1.54) is 0 Å². The lowest BCUT2D eigenvalue weighted by Crippen LogP contribution is -2.00. The highest BCUT2D eigenvalue weighted by molar-refractivity contribution is 5.73. The van der Waals surface area contributed by atoms with Crippen LogP contribution in [0.25, 0.3) is 17.2 Å². The predicted octanol–water partition coefficient (Wildman–Crippen LogP) is 0.953. The monoisotopic (exact) mass is 255 g/mol. The van der Waals surface area contributed by atoms with Crippen LogP contribution in [0.1, 0.15) is 5.69 Å². The number of hydrogen-bond donors (Lipinski definition) is 1. The normalized spacial score (nSPS) is 10.8. The van der Waals surface area contributed by atoms with Gasteiger partial charge in [0.25, 0.3) is 5.95 Å². The number of nitrogen functional groups attached to an aromatic ring is 1. The minimum atomic E-state index is 0.488. The van der Waals surface area contributed by atoms with Gasteiger partial charge in [0.2, 0.25) is 0 Å². The molecule has 2 N–H and O–H groups in total. The summed E-state index contributed by atoms with van der Waals surface area (Å²) in [6.45, 7) is 1.92. The van der Waals surface area contributed by atoms with E-state index in [1.54, 1.807) is 34.0 Å². The lowest BCUT2D eigenvalue weighted by molar-refractivity contribution is 0.756. The molecule has 3 heterocycles. The van der Waals surface area contributed by atoms with Crippen molar-refractivity contribution in [2.75, 3.05) is 5.73 Å². The van der Waals surface area contributed by atoms with Gasteiger partial charge < -0.3 is 5.73 Å². The molecule has 0 radical (unpaired) electrons. The van der Waals surface area contributed by atoms with Crippen LogP contribution in [0.4, 0.5) is 5.69 Å². The Kier molecular flexibility index (Phi) is 2.52.